The number of aliphatic carboxylic acids is 1. The highest BCUT2D eigenvalue weighted by Gasteiger charge is 2.57. The second kappa shape index (κ2) is 5.62. The summed E-state index contributed by atoms with van der Waals surface area (Å²) >= 11 is 0. The number of hydrogen-bond acceptors (Lipinski definition) is 3. The standard InChI is InChI=1S/C15H27NO4/c1-6-14(7-2)8-15(9-14,11(17)18)10-16-12(19)20-13(3,4)5/h6-10H2,1-5H3,(H,16,19)(H,17,18). The molecule has 1 aliphatic rings. The highest BCUT2D eigenvalue weighted by atomic mass is 16.6. The molecule has 0 atom stereocenters. The van der Waals surface area contributed by atoms with Crippen molar-refractivity contribution in [2.75, 3.05) is 6.54 Å². The van der Waals surface area contributed by atoms with Crippen molar-refractivity contribution in [2.45, 2.75) is 65.9 Å². The van der Waals surface area contributed by atoms with Crippen LogP contribution in [0, 0.1) is 10.8 Å². The number of amides is 1. The summed E-state index contributed by atoms with van der Waals surface area (Å²) in [4.78, 5) is 23.2. The summed E-state index contributed by atoms with van der Waals surface area (Å²) in [6, 6.07) is 0. The minimum absolute atomic E-state index is 0.119. The Labute approximate surface area is 121 Å². The molecule has 0 saturated heterocycles. The zero-order valence-corrected chi connectivity index (χ0v) is 13.2. The van der Waals surface area contributed by atoms with Gasteiger partial charge >= 0.3 is 12.1 Å². The lowest BCUT2D eigenvalue weighted by Crippen LogP contribution is -2.56. The molecule has 0 radical (unpaired) electrons. The molecule has 5 nitrogen and oxygen atoms in total. The van der Waals surface area contributed by atoms with Crippen LogP contribution in [0.1, 0.15) is 60.3 Å². The number of carbonyl (C=O) groups is 2. The van der Waals surface area contributed by atoms with Crippen LogP contribution in [-0.4, -0.2) is 29.3 Å². The van der Waals surface area contributed by atoms with Gasteiger partial charge in [0.2, 0.25) is 0 Å². The van der Waals surface area contributed by atoms with Gasteiger partial charge in [-0.05, 0) is 39.0 Å². The van der Waals surface area contributed by atoms with E-state index in [9.17, 15) is 14.7 Å². The van der Waals surface area contributed by atoms with Gasteiger partial charge in [0.05, 0.1) is 5.41 Å². The molecule has 0 heterocycles. The maximum absolute atomic E-state index is 11.6. The second-order valence-corrected chi connectivity index (χ2v) is 7.00. The normalized spacial score (nSPS) is 19.9. The molecule has 0 bridgehead atoms. The number of rotatable bonds is 5. The molecule has 0 aliphatic heterocycles. The van der Waals surface area contributed by atoms with Crippen molar-refractivity contribution >= 4 is 12.1 Å². The lowest BCUT2D eigenvalue weighted by atomic mass is 9.50. The molecule has 20 heavy (non-hydrogen) atoms. The lowest BCUT2D eigenvalue weighted by Gasteiger charge is -2.53. The van der Waals surface area contributed by atoms with Crippen molar-refractivity contribution < 1.29 is 19.4 Å². The molecule has 1 rings (SSSR count). The fraction of sp³-hybridized carbons (Fsp3) is 0.867. The van der Waals surface area contributed by atoms with Gasteiger partial charge in [-0.3, -0.25) is 4.79 Å². The fourth-order valence-electron chi connectivity index (χ4n) is 3.04. The van der Waals surface area contributed by atoms with Gasteiger partial charge in [0.15, 0.2) is 0 Å². The van der Waals surface area contributed by atoms with Crippen molar-refractivity contribution in [3.05, 3.63) is 0 Å². The molecule has 1 saturated carbocycles. The fourth-order valence-corrected chi connectivity index (χ4v) is 3.04. The van der Waals surface area contributed by atoms with E-state index in [1.165, 1.54) is 0 Å². The van der Waals surface area contributed by atoms with Crippen molar-refractivity contribution in [1.29, 1.82) is 0 Å². The number of hydrogen-bond donors (Lipinski definition) is 2. The third-order valence-electron chi connectivity index (χ3n) is 4.35. The Bertz CT molecular complexity index is 372. The number of nitrogens with one attached hydrogen (secondary N) is 1. The predicted octanol–water partition coefficient (Wildman–Crippen LogP) is 3.18. The zero-order chi connectivity index (χ0) is 15.6. The zero-order valence-electron chi connectivity index (χ0n) is 13.2. The summed E-state index contributed by atoms with van der Waals surface area (Å²) in [6.45, 7) is 9.67. The third-order valence-corrected chi connectivity index (χ3v) is 4.35. The molecule has 0 unspecified atom stereocenters. The van der Waals surface area contributed by atoms with E-state index in [0.717, 1.165) is 12.8 Å². The van der Waals surface area contributed by atoms with Crippen LogP contribution in [0.2, 0.25) is 0 Å². The third kappa shape index (κ3) is 3.64. The number of carboxylic acids is 1. The Morgan fingerprint density at radius 1 is 1.20 bits per heavy atom. The monoisotopic (exact) mass is 285 g/mol. The van der Waals surface area contributed by atoms with E-state index in [0.29, 0.717) is 12.8 Å². The minimum Gasteiger partial charge on any atom is -0.481 e. The van der Waals surface area contributed by atoms with Gasteiger partial charge in [-0.25, -0.2) is 4.79 Å². The average molecular weight is 285 g/mol. The van der Waals surface area contributed by atoms with Gasteiger partial charge in [-0.1, -0.05) is 26.7 Å². The first kappa shape index (κ1) is 16.8. The van der Waals surface area contributed by atoms with Crippen LogP contribution in [0.15, 0.2) is 0 Å². The molecule has 116 valence electrons. The second-order valence-electron chi connectivity index (χ2n) is 7.00. The smallest absolute Gasteiger partial charge is 0.407 e. The van der Waals surface area contributed by atoms with Crippen molar-refractivity contribution in [3.63, 3.8) is 0 Å². The lowest BCUT2D eigenvalue weighted by molar-refractivity contribution is -0.166. The molecular formula is C15H27NO4. The van der Waals surface area contributed by atoms with E-state index in [-0.39, 0.29) is 12.0 Å². The first-order valence-electron chi connectivity index (χ1n) is 7.28. The van der Waals surface area contributed by atoms with Gasteiger partial charge in [0, 0.05) is 6.54 Å². The Morgan fingerprint density at radius 3 is 2.05 bits per heavy atom. The van der Waals surface area contributed by atoms with E-state index >= 15 is 0 Å². The summed E-state index contributed by atoms with van der Waals surface area (Å²) in [6.07, 6.45) is 2.65. The summed E-state index contributed by atoms with van der Waals surface area (Å²) in [5.41, 5.74) is -1.28. The SMILES string of the molecule is CCC1(CC)CC(CNC(=O)OC(C)(C)C)(C(=O)O)C1. The van der Waals surface area contributed by atoms with Crippen LogP contribution in [0.4, 0.5) is 4.79 Å². The van der Waals surface area contributed by atoms with Gasteiger partial charge < -0.3 is 15.2 Å². The number of carboxylic acid groups (broad SMARTS) is 1. The summed E-state index contributed by atoms with van der Waals surface area (Å²) < 4.78 is 5.14. The maximum Gasteiger partial charge on any atom is 0.407 e. The predicted molar refractivity (Wildman–Crippen MR) is 76.6 cm³/mol. The summed E-state index contributed by atoms with van der Waals surface area (Å²) in [7, 11) is 0. The Morgan fingerprint density at radius 2 is 1.70 bits per heavy atom. The quantitative estimate of drug-likeness (QED) is 0.813. The van der Waals surface area contributed by atoms with Crippen LogP contribution in [0.5, 0.6) is 0 Å². The molecule has 1 aliphatic carbocycles. The molecule has 1 fully saturated rings. The molecule has 0 aromatic rings. The van der Waals surface area contributed by atoms with E-state index in [1.807, 2.05) is 0 Å². The molecule has 0 aromatic carbocycles. The first-order valence-corrected chi connectivity index (χ1v) is 7.28. The Balaban J connectivity index is 2.60. The number of carbonyl (C=O) groups excluding carboxylic acids is 1. The van der Waals surface area contributed by atoms with Crippen LogP contribution in [-0.2, 0) is 9.53 Å². The minimum atomic E-state index is -0.830. The van der Waals surface area contributed by atoms with Crippen molar-refractivity contribution in [3.8, 4) is 0 Å². The Hall–Kier alpha value is -1.26. The van der Waals surface area contributed by atoms with Crippen LogP contribution in [0.3, 0.4) is 0 Å². The van der Waals surface area contributed by atoms with Gasteiger partial charge in [0.1, 0.15) is 5.60 Å². The Kier molecular flexibility index (Phi) is 4.72. The molecule has 0 aromatic heterocycles. The molecule has 0 spiro atoms. The number of ether oxygens (including phenoxy) is 1. The van der Waals surface area contributed by atoms with E-state index < -0.39 is 23.1 Å². The highest BCUT2D eigenvalue weighted by molar-refractivity contribution is 5.78. The topological polar surface area (TPSA) is 75.6 Å². The van der Waals surface area contributed by atoms with Crippen molar-refractivity contribution in [1.82, 2.24) is 5.32 Å². The van der Waals surface area contributed by atoms with Crippen LogP contribution < -0.4 is 5.32 Å². The van der Waals surface area contributed by atoms with E-state index in [2.05, 4.69) is 19.2 Å². The summed E-state index contributed by atoms with van der Waals surface area (Å²) in [5, 5.41) is 12.1. The number of alkyl carbamates (subject to hydrolysis) is 1. The highest BCUT2D eigenvalue weighted by Crippen LogP contribution is 2.58. The molecular weight excluding hydrogens is 258 g/mol. The summed E-state index contributed by atoms with van der Waals surface area (Å²) in [5.74, 6) is -0.828. The van der Waals surface area contributed by atoms with Crippen molar-refractivity contribution in [2.24, 2.45) is 10.8 Å². The van der Waals surface area contributed by atoms with Crippen LogP contribution >= 0.6 is 0 Å². The van der Waals surface area contributed by atoms with Gasteiger partial charge in [-0.15, -0.1) is 0 Å². The maximum atomic E-state index is 11.6. The largest absolute Gasteiger partial charge is 0.481 e. The van der Waals surface area contributed by atoms with E-state index in [4.69, 9.17) is 4.74 Å². The van der Waals surface area contributed by atoms with Gasteiger partial charge in [0.25, 0.3) is 0 Å². The van der Waals surface area contributed by atoms with E-state index in [1.54, 1.807) is 20.8 Å². The molecule has 1 amide bonds. The first-order chi connectivity index (χ1) is 9.08. The molecule has 5 heteroatoms. The van der Waals surface area contributed by atoms with Crippen LogP contribution in [0.25, 0.3) is 0 Å². The molecule has 2 N–H and O–H groups in total. The average Bonchev–Trinajstić information content (AvgIpc) is 2.26. The van der Waals surface area contributed by atoms with Gasteiger partial charge in [-0.2, -0.15) is 0 Å².